The summed E-state index contributed by atoms with van der Waals surface area (Å²) >= 11 is 0. The summed E-state index contributed by atoms with van der Waals surface area (Å²) in [6.45, 7) is 12.2. The number of benzene rings is 1. The van der Waals surface area contributed by atoms with E-state index >= 15 is 0 Å². The molecule has 0 atom stereocenters. The van der Waals surface area contributed by atoms with Gasteiger partial charge in [-0.2, -0.15) is 0 Å². The van der Waals surface area contributed by atoms with Crippen LogP contribution in [-0.2, 0) is 6.54 Å². The predicted molar refractivity (Wildman–Crippen MR) is 78.6 cm³/mol. The molecule has 18 heavy (non-hydrogen) atoms. The van der Waals surface area contributed by atoms with Crippen molar-refractivity contribution in [1.82, 2.24) is 10.2 Å². The van der Waals surface area contributed by atoms with Crippen molar-refractivity contribution in [3.63, 3.8) is 0 Å². The van der Waals surface area contributed by atoms with E-state index in [0.29, 0.717) is 0 Å². The van der Waals surface area contributed by atoms with Gasteiger partial charge in [-0.15, -0.1) is 0 Å². The minimum Gasteiger partial charge on any atom is -0.544 e. The number of hydrogen-bond donors (Lipinski definition) is 1. The van der Waals surface area contributed by atoms with Crippen LogP contribution in [0.15, 0.2) is 24.3 Å². The first-order valence-corrected chi connectivity index (χ1v) is 10.1. The lowest BCUT2D eigenvalue weighted by Crippen LogP contribution is -2.42. The monoisotopic (exact) mass is 264 g/mol. The molecule has 100 valence electrons. The van der Waals surface area contributed by atoms with Gasteiger partial charge in [-0.05, 0) is 37.3 Å². The molecule has 1 saturated heterocycles. The van der Waals surface area contributed by atoms with Gasteiger partial charge in [0.15, 0.2) is 0 Å². The molecule has 0 aromatic heterocycles. The van der Waals surface area contributed by atoms with Crippen LogP contribution in [0, 0.1) is 0 Å². The van der Waals surface area contributed by atoms with Crippen LogP contribution in [0.4, 0.5) is 0 Å². The molecule has 1 aliphatic heterocycles. The topological polar surface area (TPSA) is 24.5 Å². The molecule has 0 unspecified atom stereocenters. The molecule has 4 heteroatoms. The highest BCUT2D eigenvalue weighted by atomic mass is 28.4. The second kappa shape index (κ2) is 5.86. The third-order valence-electron chi connectivity index (χ3n) is 2.96. The van der Waals surface area contributed by atoms with E-state index in [9.17, 15) is 0 Å². The summed E-state index contributed by atoms with van der Waals surface area (Å²) in [6.07, 6.45) is 0. The quantitative estimate of drug-likeness (QED) is 0.845. The number of piperazine rings is 1. The summed E-state index contributed by atoms with van der Waals surface area (Å²) in [5.41, 5.74) is 1.37. The van der Waals surface area contributed by atoms with E-state index in [2.05, 4.69) is 54.1 Å². The maximum atomic E-state index is 5.96. The van der Waals surface area contributed by atoms with Gasteiger partial charge < -0.3 is 9.74 Å². The minimum absolute atomic E-state index is 1.01. The van der Waals surface area contributed by atoms with Gasteiger partial charge in [-0.3, -0.25) is 4.90 Å². The average molecular weight is 264 g/mol. The zero-order valence-electron chi connectivity index (χ0n) is 11.7. The molecule has 3 nitrogen and oxygen atoms in total. The number of nitrogens with zero attached hydrogens (tertiary/aromatic N) is 1. The number of rotatable bonds is 4. The van der Waals surface area contributed by atoms with Crippen molar-refractivity contribution in [2.75, 3.05) is 26.2 Å². The molecule has 1 N–H and O–H groups in total. The average Bonchev–Trinajstić information content (AvgIpc) is 2.31. The summed E-state index contributed by atoms with van der Waals surface area (Å²) in [6, 6.07) is 8.60. The zero-order valence-corrected chi connectivity index (χ0v) is 12.7. The van der Waals surface area contributed by atoms with Gasteiger partial charge in [0.1, 0.15) is 5.75 Å². The van der Waals surface area contributed by atoms with E-state index in [-0.39, 0.29) is 0 Å². The van der Waals surface area contributed by atoms with Gasteiger partial charge in [0, 0.05) is 32.7 Å². The number of nitrogens with one attached hydrogen (secondary N) is 1. The Morgan fingerprint density at radius 3 is 2.28 bits per heavy atom. The molecule has 1 fully saturated rings. The van der Waals surface area contributed by atoms with Gasteiger partial charge in [-0.1, -0.05) is 12.1 Å². The zero-order chi connectivity index (χ0) is 13.0. The second-order valence-electron chi connectivity index (χ2n) is 5.88. The fraction of sp³-hybridized carbons (Fsp3) is 0.571. The van der Waals surface area contributed by atoms with Crippen molar-refractivity contribution in [3.05, 3.63) is 29.8 Å². The van der Waals surface area contributed by atoms with Crippen molar-refractivity contribution >= 4 is 8.32 Å². The first-order valence-electron chi connectivity index (χ1n) is 6.74. The molecule has 1 heterocycles. The summed E-state index contributed by atoms with van der Waals surface area (Å²) < 4.78 is 5.96. The van der Waals surface area contributed by atoms with E-state index in [4.69, 9.17) is 4.43 Å². The second-order valence-corrected chi connectivity index (χ2v) is 10.3. The summed E-state index contributed by atoms with van der Waals surface area (Å²) in [7, 11) is -1.48. The maximum Gasteiger partial charge on any atom is 0.242 e. The first kappa shape index (κ1) is 13.6. The molecular weight excluding hydrogens is 240 g/mol. The third kappa shape index (κ3) is 4.44. The van der Waals surface area contributed by atoms with Crippen LogP contribution in [-0.4, -0.2) is 39.4 Å². The van der Waals surface area contributed by atoms with Gasteiger partial charge in [0.05, 0.1) is 0 Å². The van der Waals surface area contributed by atoms with Crippen molar-refractivity contribution in [2.24, 2.45) is 0 Å². The molecular formula is C14H24N2OSi. The molecule has 0 bridgehead atoms. The van der Waals surface area contributed by atoms with Crippen LogP contribution in [0.1, 0.15) is 5.56 Å². The highest BCUT2D eigenvalue weighted by molar-refractivity contribution is 6.70. The molecule has 0 aliphatic carbocycles. The molecule has 2 rings (SSSR count). The number of hydrogen-bond acceptors (Lipinski definition) is 3. The van der Waals surface area contributed by atoms with Crippen LogP contribution < -0.4 is 9.74 Å². The van der Waals surface area contributed by atoms with Crippen LogP contribution in [0.25, 0.3) is 0 Å². The largest absolute Gasteiger partial charge is 0.544 e. The van der Waals surface area contributed by atoms with Crippen LogP contribution in [0.3, 0.4) is 0 Å². The van der Waals surface area contributed by atoms with E-state index in [0.717, 1.165) is 38.5 Å². The molecule has 0 saturated carbocycles. The first-order chi connectivity index (χ1) is 8.53. The molecule has 1 aromatic carbocycles. The smallest absolute Gasteiger partial charge is 0.242 e. The highest BCUT2D eigenvalue weighted by Crippen LogP contribution is 2.17. The van der Waals surface area contributed by atoms with Gasteiger partial charge in [0.2, 0.25) is 8.32 Å². The molecule has 1 aliphatic rings. The lowest BCUT2D eigenvalue weighted by molar-refractivity contribution is 0.233. The highest BCUT2D eigenvalue weighted by Gasteiger charge is 2.16. The van der Waals surface area contributed by atoms with Crippen molar-refractivity contribution < 1.29 is 4.43 Å². The maximum absolute atomic E-state index is 5.96. The molecule has 0 spiro atoms. The SMILES string of the molecule is C[Si](C)(C)Oc1ccc(CN2CCNCC2)cc1. The van der Waals surface area contributed by atoms with Gasteiger partial charge in [0.25, 0.3) is 0 Å². The van der Waals surface area contributed by atoms with E-state index < -0.39 is 8.32 Å². The van der Waals surface area contributed by atoms with Gasteiger partial charge in [-0.25, -0.2) is 0 Å². The Kier molecular flexibility index (Phi) is 4.43. The van der Waals surface area contributed by atoms with Crippen molar-refractivity contribution in [1.29, 1.82) is 0 Å². The molecule has 1 aromatic rings. The molecule has 0 radical (unpaired) electrons. The van der Waals surface area contributed by atoms with E-state index in [1.807, 2.05) is 0 Å². The summed E-state index contributed by atoms with van der Waals surface area (Å²) in [4.78, 5) is 2.49. The van der Waals surface area contributed by atoms with Crippen molar-refractivity contribution in [2.45, 2.75) is 26.2 Å². The van der Waals surface area contributed by atoms with E-state index in [1.54, 1.807) is 0 Å². The Bertz CT molecular complexity index is 366. The Hall–Kier alpha value is -0.843. The Morgan fingerprint density at radius 2 is 1.72 bits per heavy atom. The Labute approximate surface area is 111 Å². The lowest BCUT2D eigenvalue weighted by atomic mass is 10.2. The van der Waals surface area contributed by atoms with Gasteiger partial charge >= 0.3 is 0 Å². The Balaban J connectivity index is 1.90. The standard InChI is InChI=1S/C14H24N2OSi/c1-18(2,3)17-14-6-4-13(5-7-14)12-16-10-8-15-9-11-16/h4-7,15H,8-12H2,1-3H3. The Morgan fingerprint density at radius 1 is 1.11 bits per heavy atom. The summed E-state index contributed by atoms with van der Waals surface area (Å²) in [5, 5.41) is 3.38. The van der Waals surface area contributed by atoms with E-state index in [1.165, 1.54) is 5.56 Å². The van der Waals surface area contributed by atoms with Crippen LogP contribution >= 0.6 is 0 Å². The fourth-order valence-corrected chi connectivity index (χ4v) is 2.99. The summed E-state index contributed by atoms with van der Waals surface area (Å²) in [5.74, 6) is 1.01. The molecule has 0 amide bonds. The third-order valence-corrected chi connectivity index (χ3v) is 3.81. The van der Waals surface area contributed by atoms with Crippen molar-refractivity contribution in [3.8, 4) is 5.75 Å². The normalized spacial score (nSPS) is 17.7. The minimum atomic E-state index is -1.48. The van der Waals surface area contributed by atoms with Crippen LogP contribution in [0.2, 0.25) is 19.6 Å². The van der Waals surface area contributed by atoms with Crippen LogP contribution in [0.5, 0.6) is 5.75 Å². The predicted octanol–water partition coefficient (Wildman–Crippen LogP) is 2.31. The lowest BCUT2D eigenvalue weighted by Gasteiger charge is -2.27. The fourth-order valence-electron chi connectivity index (χ4n) is 2.14.